The minimum absolute atomic E-state index is 0.117. The van der Waals surface area contributed by atoms with Crippen LogP contribution < -0.4 is 5.73 Å². The average Bonchev–Trinajstić information content (AvgIpc) is 2.59. The molecule has 0 unspecified atom stereocenters. The number of hydrogen-bond acceptors (Lipinski definition) is 5. The van der Waals surface area contributed by atoms with Crippen LogP contribution in [0.1, 0.15) is 31.8 Å². The second kappa shape index (κ2) is 6.54. The van der Waals surface area contributed by atoms with Gasteiger partial charge in [0.25, 0.3) is 0 Å². The van der Waals surface area contributed by atoms with E-state index >= 15 is 0 Å². The van der Waals surface area contributed by atoms with Crippen LogP contribution in [0, 0.1) is 0 Å². The molecule has 1 atom stereocenters. The molecule has 0 aliphatic carbocycles. The van der Waals surface area contributed by atoms with Crippen LogP contribution >= 0.6 is 0 Å². The van der Waals surface area contributed by atoms with Crippen molar-refractivity contribution < 1.29 is 23.9 Å². The predicted molar refractivity (Wildman–Crippen MR) is 84.1 cm³/mol. The fraction of sp³-hybridized carbons (Fsp3) is 0.167. The summed E-state index contributed by atoms with van der Waals surface area (Å²) in [6, 6.07) is 13.6. The first-order valence-electron chi connectivity index (χ1n) is 7.39. The van der Waals surface area contributed by atoms with Gasteiger partial charge in [-0.3, -0.25) is 4.79 Å². The van der Waals surface area contributed by atoms with Crippen LogP contribution in [0.4, 0.5) is 0 Å². The summed E-state index contributed by atoms with van der Waals surface area (Å²) in [4.78, 5) is 35.5. The Kier molecular flexibility index (Phi) is 4.29. The number of esters is 2. The van der Waals surface area contributed by atoms with Crippen molar-refractivity contribution in [2.24, 2.45) is 5.73 Å². The fourth-order valence-electron chi connectivity index (χ4n) is 2.59. The first-order valence-corrected chi connectivity index (χ1v) is 7.39. The molecule has 122 valence electrons. The summed E-state index contributed by atoms with van der Waals surface area (Å²) in [5.74, 6) is -1.80. The van der Waals surface area contributed by atoms with Gasteiger partial charge in [-0.05, 0) is 17.7 Å². The first kappa shape index (κ1) is 15.7. The van der Waals surface area contributed by atoms with Gasteiger partial charge in [-0.1, -0.05) is 36.4 Å². The number of fused-ring (bicyclic) bond motifs is 1. The van der Waals surface area contributed by atoms with Crippen molar-refractivity contribution in [2.75, 3.05) is 0 Å². The van der Waals surface area contributed by atoms with E-state index in [1.54, 1.807) is 48.5 Å². The van der Waals surface area contributed by atoms with E-state index in [1.165, 1.54) is 0 Å². The summed E-state index contributed by atoms with van der Waals surface area (Å²) in [6.45, 7) is -0.117. The molecule has 6 nitrogen and oxygen atoms in total. The van der Waals surface area contributed by atoms with Gasteiger partial charge in [0.2, 0.25) is 12.0 Å². The standard InChI is InChI=1S/C18H15NO5/c19-16(20)13-7-3-2-6-12(13)10-23-18(22)15-9-11-5-1-4-8-14(11)17(21)24-15/h1-8,15H,9-10H2,(H2,19,20)/t15-/m0/s1. The van der Waals surface area contributed by atoms with Crippen LogP contribution in [0.25, 0.3) is 0 Å². The summed E-state index contributed by atoms with van der Waals surface area (Å²) in [6.07, 6.45) is -0.730. The fourth-order valence-corrected chi connectivity index (χ4v) is 2.59. The van der Waals surface area contributed by atoms with Gasteiger partial charge in [-0.2, -0.15) is 0 Å². The maximum absolute atomic E-state index is 12.2. The van der Waals surface area contributed by atoms with Gasteiger partial charge in [0.1, 0.15) is 6.61 Å². The zero-order chi connectivity index (χ0) is 17.1. The maximum Gasteiger partial charge on any atom is 0.348 e. The molecule has 24 heavy (non-hydrogen) atoms. The van der Waals surface area contributed by atoms with Crippen LogP contribution in [-0.2, 0) is 27.3 Å². The second-order valence-corrected chi connectivity index (χ2v) is 5.38. The summed E-state index contributed by atoms with van der Waals surface area (Å²) < 4.78 is 10.3. The van der Waals surface area contributed by atoms with Crippen LogP contribution in [0.2, 0.25) is 0 Å². The number of ether oxygens (including phenoxy) is 2. The summed E-state index contributed by atoms with van der Waals surface area (Å²) in [5, 5.41) is 0. The highest BCUT2D eigenvalue weighted by Gasteiger charge is 2.32. The number of carbonyl (C=O) groups excluding carboxylic acids is 3. The van der Waals surface area contributed by atoms with Gasteiger partial charge >= 0.3 is 11.9 Å². The summed E-state index contributed by atoms with van der Waals surface area (Å²) >= 11 is 0. The van der Waals surface area contributed by atoms with Crippen molar-refractivity contribution in [3.8, 4) is 0 Å². The van der Waals surface area contributed by atoms with E-state index in [0.29, 0.717) is 11.1 Å². The number of carbonyl (C=O) groups is 3. The molecular formula is C18H15NO5. The Hall–Kier alpha value is -3.15. The molecule has 0 fully saturated rings. The molecule has 1 aliphatic rings. The molecule has 1 amide bonds. The van der Waals surface area contributed by atoms with E-state index in [-0.39, 0.29) is 18.6 Å². The molecule has 6 heteroatoms. The molecule has 1 aliphatic heterocycles. The molecule has 0 saturated carbocycles. The van der Waals surface area contributed by atoms with Gasteiger partial charge in [0, 0.05) is 17.5 Å². The third-order valence-corrected chi connectivity index (χ3v) is 3.81. The van der Waals surface area contributed by atoms with Gasteiger partial charge < -0.3 is 15.2 Å². The average molecular weight is 325 g/mol. The minimum atomic E-state index is -0.992. The number of nitrogens with two attached hydrogens (primary N) is 1. The minimum Gasteiger partial charge on any atom is -0.458 e. The van der Waals surface area contributed by atoms with Crippen molar-refractivity contribution in [3.63, 3.8) is 0 Å². The SMILES string of the molecule is NC(=O)c1ccccc1COC(=O)[C@@H]1Cc2ccccc2C(=O)O1. The van der Waals surface area contributed by atoms with Gasteiger partial charge in [0.05, 0.1) is 5.56 Å². The Labute approximate surface area is 138 Å². The van der Waals surface area contributed by atoms with E-state index in [0.717, 1.165) is 5.56 Å². The lowest BCUT2D eigenvalue weighted by Gasteiger charge is -2.23. The van der Waals surface area contributed by atoms with Gasteiger partial charge in [-0.15, -0.1) is 0 Å². The Morgan fingerprint density at radius 1 is 1.12 bits per heavy atom. The van der Waals surface area contributed by atoms with Gasteiger partial charge in [-0.25, -0.2) is 9.59 Å². The number of rotatable bonds is 4. The van der Waals surface area contributed by atoms with Crippen LogP contribution in [0.15, 0.2) is 48.5 Å². The molecule has 1 heterocycles. The number of amides is 1. The molecule has 0 spiro atoms. The van der Waals surface area contributed by atoms with E-state index in [4.69, 9.17) is 15.2 Å². The van der Waals surface area contributed by atoms with Gasteiger partial charge in [0.15, 0.2) is 0 Å². The molecular weight excluding hydrogens is 310 g/mol. The lowest BCUT2D eigenvalue weighted by atomic mass is 9.99. The van der Waals surface area contributed by atoms with Crippen molar-refractivity contribution in [3.05, 3.63) is 70.8 Å². The molecule has 0 saturated heterocycles. The Balaban J connectivity index is 1.69. The zero-order valence-corrected chi connectivity index (χ0v) is 12.7. The first-order chi connectivity index (χ1) is 11.6. The summed E-state index contributed by atoms with van der Waals surface area (Å²) in [5.41, 5.74) is 7.28. The Morgan fingerprint density at radius 3 is 2.62 bits per heavy atom. The number of hydrogen-bond donors (Lipinski definition) is 1. The van der Waals surface area contributed by atoms with E-state index in [2.05, 4.69) is 0 Å². The van der Waals surface area contributed by atoms with E-state index in [9.17, 15) is 14.4 Å². The van der Waals surface area contributed by atoms with E-state index in [1.807, 2.05) is 0 Å². The highest BCUT2D eigenvalue weighted by atomic mass is 16.6. The highest BCUT2D eigenvalue weighted by molar-refractivity contribution is 5.95. The molecule has 3 rings (SSSR count). The predicted octanol–water partition coefficient (Wildman–Crippen LogP) is 1.61. The molecule has 2 aromatic rings. The zero-order valence-electron chi connectivity index (χ0n) is 12.7. The van der Waals surface area contributed by atoms with E-state index < -0.39 is 23.9 Å². The number of cyclic esters (lactones) is 1. The van der Waals surface area contributed by atoms with Crippen LogP contribution in [0.5, 0.6) is 0 Å². The van der Waals surface area contributed by atoms with Crippen molar-refractivity contribution >= 4 is 17.8 Å². The second-order valence-electron chi connectivity index (χ2n) is 5.38. The normalized spacial score (nSPS) is 16.0. The van der Waals surface area contributed by atoms with Crippen molar-refractivity contribution in [1.29, 1.82) is 0 Å². The number of primary amides is 1. The molecule has 2 aromatic carbocycles. The largest absolute Gasteiger partial charge is 0.458 e. The monoisotopic (exact) mass is 325 g/mol. The third kappa shape index (κ3) is 3.12. The molecule has 0 bridgehead atoms. The molecule has 2 N–H and O–H groups in total. The topological polar surface area (TPSA) is 95.7 Å². The number of benzene rings is 2. The molecule has 0 aromatic heterocycles. The van der Waals surface area contributed by atoms with Crippen LogP contribution in [0.3, 0.4) is 0 Å². The lowest BCUT2D eigenvalue weighted by Crippen LogP contribution is -2.35. The van der Waals surface area contributed by atoms with Crippen molar-refractivity contribution in [1.82, 2.24) is 0 Å². The molecule has 0 radical (unpaired) electrons. The maximum atomic E-state index is 12.2. The van der Waals surface area contributed by atoms with Crippen molar-refractivity contribution in [2.45, 2.75) is 19.1 Å². The Morgan fingerprint density at radius 2 is 1.83 bits per heavy atom. The quantitative estimate of drug-likeness (QED) is 0.862. The smallest absolute Gasteiger partial charge is 0.348 e. The third-order valence-electron chi connectivity index (χ3n) is 3.81. The van der Waals surface area contributed by atoms with Crippen LogP contribution in [-0.4, -0.2) is 23.9 Å². The highest BCUT2D eigenvalue weighted by Crippen LogP contribution is 2.21. The summed E-state index contributed by atoms with van der Waals surface area (Å²) in [7, 11) is 0. The lowest BCUT2D eigenvalue weighted by molar-refractivity contribution is -0.155. The Bertz CT molecular complexity index is 815.